The van der Waals surface area contributed by atoms with E-state index in [0.717, 1.165) is 0 Å². The maximum Gasteiger partial charge on any atom is 0.373 e. The average Bonchev–Trinajstić information content (AvgIpc) is 1.80. The minimum Gasteiger partial charge on any atom is -0.460 e. The molecule has 0 saturated carbocycles. The highest BCUT2D eigenvalue weighted by Crippen LogP contribution is 2.16. The fourth-order valence-electron chi connectivity index (χ4n) is 0.306. The first-order valence-electron chi connectivity index (χ1n) is 2.96. The fourth-order valence-corrected chi connectivity index (χ4v) is 0.420. The topological polar surface area (TPSA) is 26.3 Å². The molecule has 5 heteroatoms. The Morgan fingerprint density at radius 3 is 2.36 bits per heavy atom. The van der Waals surface area contributed by atoms with E-state index in [1.165, 1.54) is 0 Å². The molecule has 0 amide bonds. The van der Waals surface area contributed by atoms with E-state index in [0.29, 0.717) is 0 Å². The summed E-state index contributed by atoms with van der Waals surface area (Å²) in [6.45, 7) is 3.37. The zero-order valence-electron chi connectivity index (χ0n) is 6.23. The summed E-state index contributed by atoms with van der Waals surface area (Å²) in [7, 11) is 0. The first-order chi connectivity index (χ1) is 4.83. The van der Waals surface area contributed by atoms with Crippen molar-refractivity contribution in [1.82, 2.24) is 0 Å². The van der Waals surface area contributed by atoms with Gasteiger partial charge in [0.25, 0.3) is 0 Å². The van der Waals surface area contributed by atoms with Crippen LogP contribution in [-0.2, 0) is 9.53 Å². The van der Waals surface area contributed by atoms with Gasteiger partial charge in [0.05, 0.1) is 4.32 Å². The minimum atomic E-state index is -3.04. The van der Waals surface area contributed by atoms with Crippen LogP contribution in [0.3, 0.4) is 0 Å². The molecule has 0 aliphatic heterocycles. The highest BCUT2D eigenvalue weighted by Gasteiger charge is 2.21. The predicted octanol–water partition coefficient (Wildman–Crippen LogP) is 1.97. The monoisotopic (exact) mass is 230 g/mol. The Hall–Kier alpha value is -0.190. The molecule has 0 unspecified atom stereocenters. The quantitative estimate of drug-likeness (QED) is 0.548. The van der Waals surface area contributed by atoms with Crippen LogP contribution in [0, 0.1) is 0 Å². The van der Waals surface area contributed by atoms with Gasteiger partial charge in [0, 0.05) is 0 Å². The SMILES string of the molecule is CC(C)(Br)COC(=O)C(F)F. The molecular weight excluding hydrogens is 222 g/mol. The Balaban J connectivity index is 3.64. The maximum absolute atomic E-state index is 11.5. The first kappa shape index (κ1) is 10.8. The second-order valence-electron chi connectivity index (χ2n) is 2.63. The molecule has 0 atom stereocenters. The lowest BCUT2D eigenvalue weighted by Crippen LogP contribution is -2.24. The number of carbonyl (C=O) groups excluding carboxylic acids is 1. The summed E-state index contributed by atoms with van der Waals surface area (Å²) in [6, 6.07) is 0. The van der Waals surface area contributed by atoms with Gasteiger partial charge in [-0.25, -0.2) is 4.79 Å². The van der Waals surface area contributed by atoms with Crippen LogP contribution in [-0.4, -0.2) is 23.3 Å². The third kappa shape index (κ3) is 6.22. The van der Waals surface area contributed by atoms with Gasteiger partial charge in [-0.2, -0.15) is 8.78 Å². The van der Waals surface area contributed by atoms with E-state index in [4.69, 9.17) is 0 Å². The molecule has 66 valence electrons. The highest BCUT2D eigenvalue weighted by atomic mass is 79.9. The summed E-state index contributed by atoms with van der Waals surface area (Å²) in [5.74, 6) is -1.47. The standard InChI is InChI=1S/C6H9BrF2O2/c1-6(2,7)3-11-5(10)4(8)9/h4H,3H2,1-2H3. The van der Waals surface area contributed by atoms with Gasteiger partial charge in [0.15, 0.2) is 0 Å². The van der Waals surface area contributed by atoms with Crippen molar-refractivity contribution >= 4 is 21.9 Å². The molecule has 0 bridgehead atoms. The Morgan fingerprint density at radius 1 is 1.64 bits per heavy atom. The third-order valence-electron chi connectivity index (χ3n) is 0.736. The maximum atomic E-state index is 11.5. The number of alkyl halides is 3. The first-order valence-corrected chi connectivity index (χ1v) is 3.76. The molecule has 0 fully saturated rings. The van der Waals surface area contributed by atoms with E-state index in [2.05, 4.69) is 20.7 Å². The van der Waals surface area contributed by atoms with E-state index < -0.39 is 16.7 Å². The summed E-state index contributed by atoms with van der Waals surface area (Å²) < 4.78 is 26.8. The normalized spacial score (nSPS) is 11.8. The molecule has 0 radical (unpaired) electrons. The molecule has 0 aliphatic carbocycles. The molecule has 0 rings (SSSR count). The Labute approximate surface area is 72.0 Å². The van der Waals surface area contributed by atoms with Gasteiger partial charge in [0.2, 0.25) is 0 Å². The van der Waals surface area contributed by atoms with Crippen LogP contribution < -0.4 is 0 Å². The van der Waals surface area contributed by atoms with Crippen molar-refractivity contribution < 1.29 is 18.3 Å². The number of ether oxygens (including phenoxy) is 1. The highest BCUT2D eigenvalue weighted by molar-refractivity contribution is 9.10. The van der Waals surface area contributed by atoms with Crippen molar-refractivity contribution in [3.8, 4) is 0 Å². The molecule has 0 aromatic heterocycles. The van der Waals surface area contributed by atoms with Crippen molar-refractivity contribution in [1.29, 1.82) is 0 Å². The molecule has 0 aliphatic rings. The van der Waals surface area contributed by atoms with Crippen molar-refractivity contribution in [2.75, 3.05) is 6.61 Å². The van der Waals surface area contributed by atoms with Crippen molar-refractivity contribution in [2.45, 2.75) is 24.6 Å². The van der Waals surface area contributed by atoms with E-state index >= 15 is 0 Å². The average molecular weight is 231 g/mol. The smallest absolute Gasteiger partial charge is 0.373 e. The van der Waals surface area contributed by atoms with Crippen molar-refractivity contribution in [3.63, 3.8) is 0 Å². The Morgan fingerprint density at radius 2 is 2.09 bits per heavy atom. The van der Waals surface area contributed by atoms with Gasteiger partial charge in [-0.3, -0.25) is 0 Å². The lowest BCUT2D eigenvalue weighted by molar-refractivity contribution is -0.156. The number of hydrogen-bond acceptors (Lipinski definition) is 2. The van der Waals surface area contributed by atoms with E-state index in [1.54, 1.807) is 13.8 Å². The number of rotatable bonds is 3. The molecule has 11 heavy (non-hydrogen) atoms. The van der Waals surface area contributed by atoms with E-state index in [-0.39, 0.29) is 6.61 Å². The van der Waals surface area contributed by atoms with Crippen LogP contribution in [0.1, 0.15) is 13.8 Å². The van der Waals surface area contributed by atoms with Crippen LogP contribution in [0.5, 0.6) is 0 Å². The lowest BCUT2D eigenvalue weighted by Gasteiger charge is -2.15. The molecular formula is C6H9BrF2O2. The number of halogens is 3. The largest absolute Gasteiger partial charge is 0.460 e. The molecule has 0 aromatic carbocycles. The van der Waals surface area contributed by atoms with E-state index in [1.807, 2.05) is 0 Å². The Bertz CT molecular complexity index is 142. The number of hydrogen-bond donors (Lipinski definition) is 0. The van der Waals surface area contributed by atoms with Gasteiger partial charge >= 0.3 is 12.4 Å². The predicted molar refractivity (Wildman–Crippen MR) is 40.0 cm³/mol. The number of esters is 1. The summed E-state index contributed by atoms with van der Waals surface area (Å²) in [5, 5.41) is 0. The van der Waals surface area contributed by atoms with Crippen molar-refractivity contribution in [2.24, 2.45) is 0 Å². The van der Waals surface area contributed by atoms with Crippen LogP contribution in [0.25, 0.3) is 0 Å². The minimum absolute atomic E-state index is 0.0594. The van der Waals surface area contributed by atoms with Crippen LogP contribution in [0.4, 0.5) is 8.78 Å². The molecule has 0 heterocycles. The van der Waals surface area contributed by atoms with Gasteiger partial charge in [-0.1, -0.05) is 15.9 Å². The molecule has 0 saturated heterocycles. The van der Waals surface area contributed by atoms with Gasteiger partial charge in [0.1, 0.15) is 6.61 Å². The Kier molecular flexibility index (Phi) is 3.92. The second-order valence-corrected chi connectivity index (χ2v) is 4.77. The summed E-state index contributed by atoms with van der Waals surface area (Å²) in [4.78, 5) is 10.2. The molecule has 0 spiro atoms. The van der Waals surface area contributed by atoms with E-state index in [9.17, 15) is 13.6 Å². The lowest BCUT2D eigenvalue weighted by atomic mass is 10.2. The fraction of sp³-hybridized carbons (Fsp3) is 0.833. The zero-order valence-corrected chi connectivity index (χ0v) is 7.82. The van der Waals surface area contributed by atoms with Crippen LogP contribution >= 0.6 is 15.9 Å². The van der Waals surface area contributed by atoms with Crippen LogP contribution in [0.15, 0.2) is 0 Å². The zero-order chi connectivity index (χ0) is 9.07. The van der Waals surface area contributed by atoms with Gasteiger partial charge in [-0.15, -0.1) is 0 Å². The molecule has 2 nitrogen and oxygen atoms in total. The number of carbonyl (C=O) groups is 1. The summed E-state index contributed by atoms with van der Waals surface area (Å²) in [5.41, 5.74) is 0. The molecule has 0 aromatic rings. The molecule has 0 N–H and O–H groups in total. The van der Waals surface area contributed by atoms with Crippen molar-refractivity contribution in [3.05, 3.63) is 0 Å². The summed E-state index contributed by atoms with van der Waals surface area (Å²) in [6.07, 6.45) is -3.04. The van der Waals surface area contributed by atoms with Gasteiger partial charge in [-0.05, 0) is 13.8 Å². The van der Waals surface area contributed by atoms with Gasteiger partial charge < -0.3 is 4.74 Å². The summed E-state index contributed by atoms with van der Waals surface area (Å²) >= 11 is 3.13. The van der Waals surface area contributed by atoms with Crippen LogP contribution in [0.2, 0.25) is 0 Å². The second kappa shape index (κ2) is 3.99. The third-order valence-corrected chi connectivity index (χ3v) is 0.965.